The van der Waals surface area contributed by atoms with Crippen molar-refractivity contribution in [3.63, 3.8) is 0 Å². The number of hydrogen-bond donors (Lipinski definition) is 1. The molecule has 2 aromatic rings. The van der Waals surface area contributed by atoms with E-state index in [1.165, 1.54) is 5.56 Å². The van der Waals surface area contributed by atoms with Crippen LogP contribution in [0, 0.1) is 13.8 Å². The molecule has 0 aliphatic heterocycles. The fourth-order valence-corrected chi connectivity index (χ4v) is 2.50. The van der Waals surface area contributed by atoms with Gasteiger partial charge in [-0.15, -0.1) is 0 Å². The number of amides is 1. The van der Waals surface area contributed by atoms with E-state index >= 15 is 0 Å². The van der Waals surface area contributed by atoms with Crippen molar-refractivity contribution < 1.29 is 4.79 Å². The lowest BCUT2D eigenvalue weighted by Crippen LogP contribution is -2.10. The van der Waals surface area contributed by atoms with E-state index in [1.807, 2.05) is 44.2 Å². The van der Waals surface area contributed by atoms with Gasteiger partial charge >= 0.3 is 0 Å². The Bertz CT molecular complexity index is 698. The van der Waals surface area contributed by atoms with Crippen molar-refractivity contribution in [2.75, 3.05) is 5.32 Å². The summed E-state index contributed by atoms with van der Waals surface area (Å²) in [4.78, 5) is 12.0. The van der Waals surface area contributed by atoms with Crippen LogP contribution in [-0.4, -0.2) is 5.91 Å². The van der Waals surface area contributed by atoms with Gasteiger partial charge in [0, 0.05) is 11.8 Å². The molecule has 1 amide bonds. The van der Waals surface area contributed by atoms with E-state index < -0.39 is 0 Å². The second-order valence-electron chi connectivity index (χ2n) is 7.07. The molecule has 0 aliphatic carbocycles. The topological polar surface area (TPSA) is 29.1 Å². The molecule has 23 heavy (non-hydrogen) atoms. The second-order valence-corrected chi connectivity index (χ2v) is 7.07. The molecule has 2 heteroatoms. The van der Waals surface area contributed by atoms with E-state index in [4.69, 9.17) is 0 Å². The highest BCUT2D eigenvalue weighted by molar-refractivity contribution is 6.02. The molecule has 0 heterocycles. The summed E-state index contributed by atoms with van der Waals surface area (Å²) in [6, 6.07) is 14.3. The van der Waals surface area contributed by atoms with Crippen molar-refractivity contribution in [2.45, 2.75) is 40.0 Å². The van der Waals surface area contributed by atoms with Gasteiger partial charge in [-0.1, -0.05) is 51.1 Å². The molecule has 0 unspecified atom stereocenters. The molecule has 0 aliphatic rings. The Balaban J connectivity index is 2.03. The number of nitrogens with one attached hydrogen (secondary N) is 1. The first kappa shape index (κ1) is 17.0. The van der Waals surface area contributed by atoms with E-state index in [9.17, 15) is 4.79 Å². The number of carbonyl (C=O) groups excluding carboxylic acids is 1. The van der Waals surface area contributed by atoms with Gasteiger partial charge < -0.3 is 5.32 Å². The summed E-state index contributed by atoms with van der Waals surface area (Å²) in [5.74, 6) is -0.116. The van der Waals surface area contributed by atoms with Crippen LogP contribution in [0.5, 0.6) is 0 Å². The van der Waals surface area contributed by atoms with Crippen LogP contribution in [-0.2, 0) is 10.2 Å². The second kappa shape index (κ2) is 6.82. The molecule has 0 fully saturated rings. The van der Waals surface area contributed by atoms with Gasteiger partial charge in [0.15, 0.2) is 0 Å². The predicted octanol–water partition coefficient (Wildman–Crippen LogP) is 5.25. The highest BCUT2D eigenvalue weighted by Crippen LogP contribution is 2.22. The molecule has 2 aromatic carbocycles. The Hall–Kier alpha value is -2.35. The Morgan fingerprint density at radius 1 is 0.957 bits per heavy atom. The molecule has 2 rings (SSSR count). The Labute approximate surface area is 139 Å². The van der Waals surface area contributed by atoms with Gasteiger partial charge in [0.1, 0.15) is 0 Å². The number of carbonyl (C=O) groups is 1. The van der Waals surface area contributed by atoms with Gasteiger partial charge in [-0.05, 0) is 59.7 Å². The fraction of sp³-hybridized carbons (Fsp3) is 0.286. The molecule has 0 aromatic heterocycles. The van der Waals surface area contributed by atoms with Crippen molar-refractivity contribution in [2.24, 2.45) is 0 Å². The number of aryl methyl sites for hydroxylation is 2. The highest BCUT2D eigenvalue weighted by Gasteiger charge is 2.12. The summed E-state index contributed by atoms with van der Waals surface area (Å²) in [6.45, 7) is 10.6. The first-order chi connectivity index (χ1) is 10.7. The molecule has 0 spiro atoms. The van der Waals surface area contributed by atoms with Crippen molar-refractivity contribution >= 4 is 17.7 Å². The predicted molar refractivity (Wildman–Crippen MR) is 98.7 cm³/mol. The zero-order chi connectivity index (χ0) is 17.0. The van der Waals surface area contributed by atoms with Crippen LogP contribution in [0.1, 0.15) is 43.0 Å². The molecule has 0 bridgehead atoms. The van der Waals surface area contributed by atoms with E-state index in [-0.39, 0.29) is 11.3 Å². The maximum atomic E-state index is 12.0. The minimum absolute atomic E-state index is 0.116. The number of benzene rings is 2. The lowest BCUT2D eigenvalue weighted by atomic mass is 9.87. The molecule has 0 radical (unpaired) electrons. The van der Waals surface area contributed by atoms with E-state index in [0.717, 1.165) is 22.4 Å². The number of anilines is 1. The molecular formula is C21H25NO. The molecule has 0 saturated heterocycles. The van der Waals surface area contributed by atoms with E-state index in [1.54, 1.807) is 6.08 Å². The van der Waals surface area contributed by atoms with Crippen LogP contribution in [0.3, 0.4) is 0 Å². The third-order valence-corrected chi connectivity index (χ3v) is 3.69. The first-order valence-corrected chi connectivity index (χ1v) is 7.92. The van der Waals surface area contributed by atoms with E-state index in [0.29, 0.717) is 0 Å². The maximum Gasteiger partial charge on any atom is 0.248 e. The SMILES string of the molecule is Cc1cc(C)cc(NC(=O)/C=C/c2ccc(C(C)(C)C)cc2)c1. The number of rotatable bonds is 3. The smallest absolute Gasteiger partial charge is 0.248 e. The van der Waals surface area contributed by atoms with Crippen molar-refractivity contribution in [3.8, 4) is 0 Å². The van der Waals surface area contributed by atoms with Crippen molar-refractivity contribution in [1.82, 2.24) is 0 Å². The summed E-state index contributed by atoms with van der Waals surface area (Å²) in [5, 5.41) is 2.90. The normalized spacial score (nSPS) is 11.7. The van der Waals surface area contributed by atoms with Crippen LogP contribution in [0.25, 0.3) is 6.08 Å². The standard InChI is InChI=1S/C21H25NO/c1-15-12-16(2)14-19(13-15)22-20(23)11-8-17-6-9-18(10-7-17)21(3,4)5/h6-14H,1-5H3,(H,22,23)/b11-8+. The van der Waals surface area contributed by atoms with Crippen LogP contribution < -0.4 is 5.32 Å². The summed E-state index contributed by atoms with van der Waals surface area (Å²) < 4.78 is 0. The molecule has 0 saturated carbocycles. The Kier molecular flexibility index (Phi) is 5.05. The fourth-order valence-electron chi connectivity index (χ4n) is 2.50. The summed E-state index contributed by atoms with van der Waals surface area (Å²) >= 11 is 0. The van der Waals surface area contributed by atoms with Gasteiger partial charge in [0.05, 0.1) is 0 Å². The molecule has 1 N–H and O–H groups in total. The molecule has 2 nitrogen and oxygen atoms in total. The molecular weight excluding hydrogens is 282 g/mol. The third kappa shape index (κ3) is 5.10. The Morgan fingerprint density at radius 2 is 1.52 bits per heavy atom. The quantitative estimate of drug-likeness (QED) is 0.771. The lowest BCUT2D eigenvalue weighted by Gasteiger charge is -2.18. The van der Waals surface area contributed by atoms with Crippen LogP contribution in [0.4, 0.5) is 5.69 Å². The minimum Gasteiger partial charge on any atom is -0.322 e. The average molecular weight is 307 g/mol. The summed E-state index contributed by atoms with van der Waals surface area (Å²) in [6.07, 6.45) is 3.41. The first-order valence-electron chi connectivity index (χ1n) is 7.92. The highest BCUT2D eigenvalue weighted by atomic mass is 16.1. The minimum atomic E-state index is -0.116. The van der Waals surface area contributed by atoms with Crippen molar-refractivity contribution in [3.05, 3.63) is 70.8 Å². The van der Waals surface area contributed by atoms with Crippen LogP contribution in [0.15, 0.2) is 48.5 Å². The lowest BCUT2D eigenvalue weighted by molar-refractivity contribution is -0.111. The molecule has 120 valence electrons. The Morgan fingerprint density at radius 3 is 2.04 bits per heavy atom. The average Bonchev–Trinajstić information content (AvgIpc) is 2.43. The van der Waals surface area contributed by atoms with Gasteiger partial charge in [0.2, 0.25) is 5.91 Å². The van der Waals surface area contributed by atoms with Crippen molar-refractivity contribution in [1.29, 1.82) is 0 Å². The van der Waals surface area contributed by atoms with E-state index in [2.05, 4.69) is 44.3 Å². The zero-order valence-electron chi connectivity index (χ0n) is 14.6. The molecule has 0 atom stereocenters. The van der Waals surface area contributed by atoms with Gasteiger partial charge in [0.25, 0.3) is 0 Å². The van der Waals surface area contributed by atoms with Gasteiger partial charge in [-0.3, -0.25) is 4.79 Å². The third-order valence-electron chi connectivity index (χ3n) is 3.69. The van der Waals surface area contributed by atoms with Crippen LogP contribution >= 0.6 is 0 Å². The maximum absolute atomic E-state index is 12.0. The summed E-state index contributed by atoms with van der Waals surface area (Å²) in [5.41, 5.74) is 5.56. The van der Waals surface area contributed by atoms with Gasteiger partial charge in [-0.2, -0.15) is 0 Å². The van der Waals surface area contributed by atoms with Gasteiger partial charge in [-0.25, -0.2) is 0 Å². The summed E-state index contributed by atoms with van der Waals surface area (Å²) in [7, 11) is 0. The van der Waals surface area contributed by atoms with Crippen LogP contribution in [0.2, 0.25) is 0 Å². The number of hydrogen-bond acceptors (Lipinski definition) is 1. The zero-order valence-corrected chi connectivity index (χ0v) is 14.6. The largest absolute Gasteiger partial charge is 0.322 e. The monoisotopic (exact) mass is 307 g/mol.